The molecule has 8 nitrogen and oxygen atoms in total. The lowest BCUT2D eigenvalue weighted by Crippen LogP contribution is -2.04. The molecule has 0 amide bonds. The Hall–Kier alpha value is -3.62. The number of carbonyl (C=O) groups is 2. The molecule has 1 aromatic heterocycles. The molecule has 0 atom stereocenters. The number of aromatic nitrogens is 1. The topological polar surface area (TPSA) is 152 Å². The van der Waals surface area contributed by atoms with Gasteiger partial charge < -0.3 is 27.0 Å². The lowest BCUT2D eigenvalue weighted by molar-refractivity contribution is -0.134. The number of aliphatic carboxylic acids is 2. The summed E-state index contributed by atoms with van der Waals surface area (Å²) in [6.07, 6.45) is 1.12. The number of benzene rings is 1. The van der Waals surface area contributed by atoms with Gasteiger partial charge in [0.2, 0.25) is 0 Å². The quantitative estimate of drug-likeness (QED) is 0.512. The molecule has 0 radical (unpaired) electrons. The second-order valence-corrected chi connectivity index (χ2v) is 4.66. The van der Waals surface area contributed by atoms with Gasteiger partial charge in [-0.3, -0.25) is 0 Å². The smallest absolute Gasteiger partial charge is 0.328 e. The Bertz CT molecular complexity index is 747. The monoisotopic (exact) mass is 348 g/mol. The van der Waals surface area contributed by atoms with E-state index in [-0.39, 0.29) is 5.82 Å². The maximum absolute atomic E-state index is 12.7. The van der Waals surface area contributed by atoms with Gasteiger partial charge in [0.25, 0.3) is 0 Å². The molecular formula is C16H17FN4O4. The lowest BCUT2D eigenvalue weighted by atomic mass is 10.2. The van der Waals surface area contributed by atoms with Gasteiger partial charge in [0.05, 0.1) is 5.69 Å². The lowest BCUT2D eigenvalue weighted by Gasteiger charge is -2.07. The van der Waals surface area contributed by atoms with Crippen LogP contribution in [0.15, 0.2) is 48.6 Å². The summed E-state index contributed by atoms with van der Waals surface area (Å²) < 4.78 is 12.7. The molecule has 0 aliphatic carbocycles. The number of rotatable bonds is 5. The molecule has 0 bridgehead atoms. The first-order valence-electron chi connectivity index (χ1n) is 6.92. The predicted molar refractivity (Wildman–Crippen MR) is 91.2 cm³/mol. The van der Waals surface area contributed by atoms with Crippen molar-refractivity contribution in [1.29, 1.82) is 0 Å². The van der Waals surface area contributed by atoms with Crippen LogP contribution >= 0.6 is 0 Å². The van der Waals surface area contributed by atoms with Gasteiger partial charge in [-0.1, -0.05) is 12.1 Å². The predicted octanol–water partition coefficient (Wildman–Crippen LogP) is 1.71. The molecule has 1 heterocycles. The molecule has 0 saturated carbocycles. The number of nitrogen functional groups attached to an aromatic ring is 2. The molecule has 2 aromatic rings. The minimum absolute atomic E-state index is 0.247. The third-order valence-electron chi connectivity index (χ3n) is 2.71. The van der Waals surface area contributed by atoms with Crippen LogP contribution in [0.5, 0.6) is 0 Å². The first-order valence-corrected chi connectivity index (χ1v) is 6.92. The summed E-state index contributed by atoms with van der Waals surface area (Å²) in [6, 6.07) is 9.69. The summed E-state index contributed by atoms with van der Waals surface area (Å²) in [5.74, 6) is -1.82. The molecule has 9 heteroatoms. The Morgan fingerprint density at radius 1 is 1.04 bits per heavy atom. The number of carboxylic acid groups (broad SMARTS) is 2. The summed E-state index contributed by atoms with van der Waals surface area (Å²) in [5.41, 5.74) is 12.6. The highest BCUT2D eigenvalue weighted by atomic mass is 19.1. The average molecular weight is 348 g/mol. The van der Waals surface area contributed by atoms with E-state index in [1.807, 2.05) is 0 Å². The first-order chi connectivity index (χ1) is 11.8. The molecule has 0 saturated heterocycles. The summed E-state index contributed by atoms with van der Waals surface area (Å²) >= 11 is 0. The van der Waals surface area contributed by atoms with Gasteiger partial charge in [-0.2, -0.15) is 0 Å². The van der Waals surface area contributed by atoms with E-state index in [2.05, 4.69) is 10.3 Å². The SMILES string of the molecule is Nc1ccc(NCc2ccc(F)cc2)nc1N.O=C(O)/C=C\C(=O)O. The van der Waals surface area contributed by atoms with E-state index in [0.717, 1.165) is 5.56 Å². The Morgan fingerprint density at radius 2 is 1.60 bits per heavy atom. The second kappa shape index (κ2) is 9.50. The number of hydrogen-bond donors (Lipinski definition) is 5. The van der Waals surface area contributed by atoms with E-state index in [1.54, 1.807) is 24.3 Å². The van der Waals surface area contributed by atoms with Crippen LogP contribution < -0.4 is 16.8 Å². The van der Waals surface area contributed by atoms with E-state index >= 15 is 0 Å². The molecule has 0 aliphatic rings. The Kier molecular flexibility index (Phi) is 7.38. The van der Waals surface area contributed by atoms with E-state index in [0.29, 0.717) is 36.0 Å². The van der Waals surface area contributed by atoms with Crippen LogP contribution in [0.1, 0.15) is 5.56 Å². The fourth-order valence-electron chi connectivity index (χ4n) is 1.52. The highest BCUT2D eigenvalue weighted by molar-refractivity contribution is 5.89. The van der Waals surface area contributed by atoms with Crippen molar-refractivity contribution in [3.8, 4) is 0 Å². The number of pyridine rings is 1. The zero-order valence-corrected chi connectivity index (χ0v) is 13.0. The van der Waals surface area contributed by atoms with Crippen molar-refractivity contribution in [2.45, 2.75) is 6.54 Å². The Morgan fingerprint density at radius 3 is 2.08 bits per heavy atom. The number of carboxylic acids is 2. The average Bonchev–Trinajstić information content (AvgIpc) is 2.56. The number of anilines is 3. The Balaban J connectivity index is 0.000000333. The Labute approximate surface area is 142 Å². The molecular weight excluding hydrogens is 331 g/mol. The van der Waals surface area contributed by atoms with Crippen molar-refractivity contribution in [2.24, 2.45) is 0 Å². The number of hydrogen-bond acceptors (Lipinski definition) is 6. The van der Waals surface area contributed by atoms with Crippen LogP contribution in [0.25, 0.3) is 0 Å². The molecule has 132 valence electrons. The van der Waals surface area contributed by atoms with Gasteiger partial charge in [-0.25, -0.2) is 19.0 Å². The fourth-order valence-corrected chi connectivity index (χ4v) is 1.52. The number of halogens is 1. The standard InChI is InChI=1S/C12H13FN4.C4H4O4/c13-9-3-1-8(2-4-9)7-16-11-6-5-10(14)12(15)17-11;5-3(6)1-2-4(7)8/h1-6H,7,14H2,(H3,15,16,17);1-2H,(H,5,6)(H,7,8)/b;2-1-. The van der Waals surface area contributed by atoms with Gasteiger partial charge in [0, 0.05) is 18.7 Å². The third kappa shape index (κ3) is 7.98. The third-order valence-corrected chi connectivity index (χ3v) is 2.71. The number of nitrogens with two attached hydrogens (primary N) is 2. The molecule has 0 unspecified atom stereocenters. The minimum atomic E-state index is -1.26. The van der Waals surface area contributed by atoms with Gasteiger partial charge in [-0.05, 0) is 29.8 Å². The summed E-state index contributed by atoms with van der Waals surface area (Å²) in [4.78, 5) is 23.2. The fraction of sp³-hybridized carbons (Fsp3) is 0.0625. The maximum atomic E-state index is 12.7. The summed E-state index contributed by atoms with van der Waals surface area (Å²) in [5, 5.41) is 18.7. The van der Waals surface area contributed by atoms with E-state index in [9.17, 15) is 14.0 Å². The van der Waals surface area contributed by atoms with Crippen LogP contribution in [0.4, 0.5) is 21.7 Å². The minimum Gasteiger partial charge on any atom is -0.478 e. The van der Waals surface area contributed by atoms with Crippen LogP contribution in [0.2, 0.25) is 0 Å². The van der Waals surface area contributed by atoms with Crippen LogP contribution in [0, 0.1) is 5.82 Å². The zero-order valence-electron chi connectivity index (χ0n) is 13.0. The second-order valence-electron chi connectivity index (χ2n) is 4.66. The first kappa shape index (κ1) is 19.4. The van der Waals surface area contributed by atoms with E-state index in [4.69, 9.17) is 21.7 Å². The molecule has 25 heavy (non-hydrogen) atoms. The molecule has 7 N–H and O–H groups in total. The van der Waals surface area contributed by atoms with Crippen molar-refractivity contribution in [3.05, 3.63) is 59.9 Å². The van der Waals surface area contributed by atoms with Crippen LogP contribution in [-0.4, -0.2) is 27.1 Å². The summed E-state index contributed by atoms with van der Waals surface area (Å²) in [7, 11) is 0. The summed E-state index contributed by atoms with van der Waals surface area (Å²) in [6.45, 7) is 0.552. The van der Waals surface area contributed by atoms with Gasteiger partial charge in [0.15, 0.2) is 0 Å². The van der Waals surface area contributed by atoms with Gasteiger partial charge >= 0.3 is 11.9 Å². The molecule has 0 fully saturated rings. The molecule has 2 rings (SSSR count). The van der Waals surface area contributed by atoms with Crippen LogP contribution in [0.3, 0.4) is 0 Å². The van der Waals surface area contributed by atoms with Crippen molar-refractivity contribution in [2.75, 3.05) is 16.8 Å². The maximum Gasteiger partial charge on any atom is 0.328 e. The van der Waals surface area contributed by atoms with Crippen LogP contribution in [-0.2, 0) is 16.1 Å². The number of nitrogens with zero attached hydrogens (tertiary/aromatic N) is 1. The highest BCUT2D eigenvalue weighted by Crippen LogP contribution is 2.15. The highest BCUT2D eigenvalue weighted by Gasteiger charge is 1.99. The van der Waals surface area contributed by atoms with Gasteiger partial charge in [0.1, 0.15) is 17.5 Å². The normalized spacial score (nSPS) is 9.96. The largest absolute Gasteiger partial charge is 0.478 e. The molecule has 0 spiro atoms. The zero-order chi connectivity index (χ0) is 18.8. The van der Waals surface area contributed by atoms with Crippen molar-refractivity contribution < 1.29 is 24.2 Å². The number of nitrogens with one attached hydrogen (secondary N) is 1. The van der Waals surface area contributed by atoms with Gasteiger partial charge in [-0.15, -0.1) is 0 Å². The van der Waals surface area contributed by atoms with E-state index in [1.165, 1.54) is 12.1 Å². The van der Waals surface area contributed by atoms with Crippen molar-refractivity contribution in [1.82, 2.24) is 4.98 Å². The molecule has 1 aromatic carbocycles. The van der Waals surface area contributed by atoms with E-state index < -0.39 is 11.9 Å². The van der Waals surface area contributed by atoms with Crippen molar-refractivity contribution >= 4 is 29.3 Å². The molecule has 0 aliphatic heterocycles. The van der Waals surface area contributed by atoms with Crippen molar-refractivity contribution in [3.63, 3.8) is 0 Å².